The van der Waals surface area contributed by atoms with E-state index in [9.17, 15) is 15.3 Å². The Balaban J connectivity index is 2.64. The summed E-state index contributed by atoms with van der Waals surface area (Å²) >= 11 is 6.06. The first-order valence-electron chi connectivity index (χ1n) is 7.95. The van der Waals surface area contributed by atoms with E-state index in [2.05, 4.69) is 0 Å². The first kappa shape index (κ1) is 19.6. The fourth-order valence-electron chi connectivity index (χ4n) is 2.64. The number of hydrogen-bond donors (Lipinski definition) is 2. The van der Waals surface area contributed by atoms with Crippen LogP contribution in [0.2, 0.25) is 5.02 Å². The van der Waals surface area contributed by atoms with Crippen LogP contribution >= 0.6 is 11.6 Å². The number of nitrogens with zero attached hydrogens (tertiary/aromatic N) is 2. The molecule has 0 fully saturated rings. The van der Waals surface area contributed by atoms with E-state index >= 15 is 0 Å². The summed E-state index contributed by atoms with van der Waals surface area (Å²) in [5.74, 6) is -0.200. The zero-order valence-electron chi connectivity index (χ0n) is 14.8. The standard InChI is InChI=1S/C19H20ClN3O3/c1-11(2)23(25)18-14(7-13(10-21)8-15(18)19(22)24)6-12-4-5-16(20)17(9-12)26-3/h4-5,7-9,11,25H,6H2,1-3H3,(H2,22,24). The molecule has 136 valence electrons. The Labute approximate surface area is 157 Å². The third kappa shape index (κ3) is 4.07. The molecule has 2 rings (SSSR count). The highest BCUT2D eigenvalue weighted by molar-refractivity contribution is 6.32. The lowest BCUT2D eigenvalue weighted by Gasteiger charge is -2.26. The molecule has 1 amide bonds. The van der Waals surface area contributed by atoms with Crippen molar-refractivity contribution >= 4 is 23.2 Å². The highest BCUT2D eigenvalue weighted by Gasteiger charge is 2.22. The van der Waals surface area contributed by atoms with Crippen LogP contribution in [0.4, 0.5) is 5.69 Å². The lowest BCUT2D eigenvalue weighted by molar-refractivity contribution is 0.0998. The maximum atomic E-state index is 11.9. The van der Waals surface area contributed by atoms with Gasteiger partial charge in [0.25, 0.3) is 5.91 Å². The first-order valence-corrected chi connectivity index (χ1v) is 8.33. The van der Waals surface area contributed by atoms with Crippen molar-refractivity contribution in [1.29, 1.82) is 5.26 Å². The molecule has 6 nitrogen and oxygen atoms in total. The molecule has 0 aliphatic rings. The monoisotopic (exact) mass is 373 g/mol. The molecule has 0 saturated heterocycles. The summed E-state index contributed by atoms with van der Waals surface area (Å²) < 4.78 is 5.23. The minimum Gasteiger partial charge on any atom is -0.495 e. The van der Waals surface area contributed by atoms with Crippen molar-refractivity contribution in [2.45, 2.75) is 26.3 Å². The third-order valence-electron chi connectivity index (χ3n) is 3.91. The van der Waals surface area contributed by atoms with Gasteiger partial charge in [-0.1, -0.05) is 17.7 Å². The van der Waals surface area contributed by atoms with E-state index in [1.807, 2.05) is 12.1 Å². The molecule has 0 atom stereocenters. The van der Waals surface area contributed by atoms with Gasteiger partial charge in [-0.15, -0.1) is 0 Å². The van der Waals surface area contributed by atoms with E-state index in [1.54, 1.807) is 32.0 Å². The third-order valence-corrected chi connectivity index (χ3v) is 4.22. The summed E-state index contributed by atoms with van der Waals surface area (Å²) in [6.07, 6.45) is 0.350. The number of benzene rings is 2. The topological polar surface area (TPSA) is 99.6 Å². The lowest BCUT2D eigenvalue weighted by Crippen LogP contribution is -2.30. The molecular weight excluding hydrogens is 354 g/mol. The van der Waals surface area contributed by atoms with Gasteiger partial charge in [-0.25, -0.2) is 0 Å². The van der Waals surface area contributed by atoms with Gasteiger partial charge in [0.15, 0.2) is 0 Å². The van der Waals surface area contributed by atoms with Crippen LogP contribution in [-0.4, -0.2) is 24.3 Å². The summed E-state index contributed by atoms with van der Waals surface area (Å²) in [5, 5.41) is 21.2. The summed E-state index contributed by atoms with van der Waals surface area (Å²) in [7, 11) is 1.52. The fraction of sp³-hybridized carbons (Fsp3) is 0.263. The SMILES string of the molecule is COc1cc(Cc2cc(C#N)cc(C(N)=O)c2N(O)C(C)C)ccc1Cl. The molecule has 0 aliphatic heterocycles. The number of ether oxygens (including phenoxy) is 1. The number of nitrogens with two attached hydrogens (primary N) is 1. The molecule has 2 aromatic rings. The van der Waals surface area contributed by atoms with Gasteiger partial charge < -0.3 is 10.5 Å². The van der Waals surface area contributed by atoms with Crippen molar-refractivity contribution in [1.82, 2.24) is 0 Å². The normalized spacial score (nSPS) is 10.5. The van der Waals surface area contributed by atoms with Crippen molar-refractivity contribution < 1.29 is 14.7 Å². The molecule has 0 radical (unpaired) electrons. The predicted molar refractivity (Wildman–Crippen MR) is 99.9 cm³/mol. The van der Waals surface area contributed by atoms with Gasteiger partial charge in [0, 0.05) is 0 Å². The summed E-state index contributed by atoms with van der Waals surface area (Å²) in [5.41, 5.74) is 7.59. The minimum atomic E-state index is -0.716. The molecule has 0 bridgehead atoms. The number of carbonyl (C=O) groups is 1. The summed E-state index contributed by atoms with van der Waals surface area (Å²) in [6.45, 7) is 3.55. The lowest BCUT2D eigenvalue weighted by atomic mass is 9.96. The molecule has 0 saturated carbocycles. The smallest absolute Gasteiger partial charge is 0.250 e. The first-order chi connectivity index (χ1) is 12.3. The number of anilines is 1. The Bertz CT molecular complexity index is 875. The van der Waals surface area contributed by atoms with Crippen LogP contribution in [-0.2, 0) is 6.42 Å². The van der Waals surface area contributed by atoms with Crippen LogP contribution in [0.25, 0.3) is 0 Å². The van der Waals surface area contributed by atoms with Gasteiger partial charge in [-0.3, -0.25) is 15.1 Å². The zero-order valence-corrected chi connectivity index (χ0v) is 15.5. The van der Waals surface area contributed by atoms with Gasteiger partial charge in [-0.2, -0.15) is 5.26 Å². The van der Waals surface area contributed by atoms with Gasteiger partial charge in [0.2, 0.25) is 0 Å². The zero-order chi connectivity index (χ0) is 19.4. The number of halogens is 1. The van der Waals surface area contributed by atoms with E-state index < -0.39 is 5.91 Å². The molecular formula is C19H20ClN3O3. The number of carbonyl (C=O) groups excluding carboxylic acids is 1. The minimum absolute atomic E-state index is 0.0937. The van der Waals surface area contributed by atoms with Gasteiger partial charge in [-0.05, 0) is 55.7 Å². The largest absolute Gasteiger partial charge is 0.495 e. The molecule has 0 unspecified atom stereocenters. The molecule has 7 heteroatoms. The van der Waals surface area contributed by atoms with E-state index in [-0.39, 0.29) is 17.2 Å². The summed E-state index contributed by atoms with van der Waals surface area (Å²) in [4.78, 5) is 11.9. The van der Waals surface area contributed by atoms with Crippen molar-refractivity contribution in [2.75, 3.05) is 12.2 Å². The Kier molecular flexibility index (Phi) is 6.09. The Morgan fingerprint density at radius 2 is 2.08 bits per heavy atom. The highest BCUT2D eigenvalue weighted by Crippen LogP contribution is 2.32. The molecule has 0 aromatic heterocycles. The molecule has 0 spiro atoms. The highest BCUT2D eigenvalue weighted by atomic mass is 35.5. The Hall–Kier alpha value is -2.75. The van der Waals surface area contributed by atoms with Crippen molar-refractivity contribution in [3.8, 4) is 11.8 Å². The van der Waals surface area contributed by atoms with E-state index in [4.69, 9.17) is 22.1 Å². The number of methoxy groups -OCH3 is 1. The van der Waals surface area contributed by atoms with Crippen LogP contribution in [0.1, 0.15) is 40.9 Å². The van der Waals surface area contributed by atoms with Crippen molar-refractivity contribution in [3.63, 3.8) is 0 Å². The number of primary amides is 1. The maximum absolute atomic E-state index is 11.9. The van der Waals surface area contributed by atoms with Crippen LogP contribution in [0.5, 0.6) is 5.75 Å². The van der Waals surface area contributed by atoms with E-state index in [0.29, 0.717) is 28.4 Å². The fourth-order valence-corrected chi connectivity index (χ4v) is 2.84. The van der Waals surface area contributed by atoms with Gasteiger partial charge in [0.05, 0.1) is 41.1 Å². The predicted octanol–water partition coefficient (Wildman–Crippen LogP) is 3.51. The van der Waals surface area contributed by atoms with Crippen molar-refractivity contribution in [3.05, 3.63) is 57.6 Å². The average molecular weight is 374 g/mol. The van der Waals surface area contributed by atoms with Crippen LogP contribution < -0.4 is 15.5 Å². The second-order valence-corrected chi connectivity index (χ2v) is 6.50. The van der Waals surface area contributed by atoms with E-state index in [1.165, 1.54) is 13.2 Å². The van der Waals surface area contributed by atoms with Crippen LogP contribution in [0.3, 0.4) is 0 Å². The number of hydrogen-bond acceptors (Lipinski definition) is 5. The second-order valence-electron chi connectivity index (χ2n) is 6.09. The quantitative estimate of drug-likeness (QED) is 0.754. The summed E-state index contributed by atoms with van der Waals surface area (Å²) in [6, 6.07) is 10.0. The van der Waals surface area contributed by atoms with Crippen molar-refractivity contribution in [2.24, 2.45) is 5.73 Å². The molecule has 0 aliphatic carbocycles. The average Bonchev–Trinajstić information content (AvgIpc) is 2.61. The molecule has 0 heterocycles. The maximum Gasteiger partial charge on any atom is 0.250 e. The number of amides is 1. The molecule has 26 heavy (non-hydrogen) atoms. The number of rotatable bonds is 6. The van der Waals surface area contributed by atoms with Crippen LogP contribution in [0, 0.1) is 11.3 Å². The number of nitriles is 1. The molecule has 2 aromatic carbocycles. The number of hydroxylamine groups is 1. The van der Waals surface area contributed by atoms with Crippen LogP contribution in [0.15, 0.2) is 30.3 Å². The van der Waals surface area contributed by atoms with Gasteiger partial charge in [0.1, 0.15) is 5.75 Å². The van der Waals surface area contributed by atoms with E-state index in [0.717, 1.165) is 10.6 Å². The molecule has 3 N–H and O–H groups in total. The Morgan fingerprint density at radius 3 is 2.62 bits per heavy atom. The van der Waals surface area contributed by atoms with Gasteiger partial charge >= 0.3 is 0 Å². The Morgan fingerprint density at radius 1 is 1.38 bits per heavy atom. The second kappa shape index (κ2) is 8.09.